The number of carbonyl (C=O) groups is 2. The van der Waals surface area contributed by atoms with E-state index in [-0.39, 0.29) is 17.5 Å². The number of alkyl halides is 3. The molecule has 7 nitrogen and oxygen atoms in total. The van der Waals surface area contributed by atoms with Crippen molar-refractivity contribution >= 4 is 11.8 Å². The van der Waals surface area contributed by atoms with Crippen LogP contribution in [0.4, 0.5) is 13.2 Å². The van der Waals surface area contributed by atoms with Crippen LogP contribution in [0.25, 0.3) is 0 Å². The lowest BCUT2D eigenvalue weighted by Crippen LogP contribution is -2.44. The number of benzene rings is 1. The molecule has 2 heterocycles. The van der Waals surface area contributed by atoms with Crippen molar-refractivity contribution in [2.75, 3.05) is 19.6 Å². The van der Waals surface area contributed by atoms with Gasteiger partial charge in [-0.3, -0.25) is 14.7 Å². The van der Waals surface area contributed by atoms with Gasteiger partial charge < -0.3 is 15.0 Å². The highest BCUT2D eigenvalue weighted by atomic mass is 19.4. The van der Waals surface area contributed by atoms with E-state index in [9.17, 15) is 22.8 Å². The summed E-state index contributed by atoms with van der Waals surface area (Å²) in [7, 11) is 0. The van der Waals surface area contributed by atoms with E-state index in [0.717, 1.165) is 0 Å². The van der Waals surface area contributed by atoms with Gasteiger partial charge in [-0.05, 0) is 38.0 Å². The molecule has 0 saturated carbocycles. The van der Waals surface area contributed by atoms with Gasteiger partial charge in [0.1, 0.15) is 18.0 Å². The molecule has 1 fully saturated rings. The number of nitrogens with one attached hydrogen (secondary N) is 2. The molecule has 30 heavy (non-hydrogen) atoms. The molecule has 1 unspecified atom stereocenters. The second-order valence-corrected chi connectivity index (χ2v) is 7.18. The number of H-pyrrole nitrogens is 1. The number of carbonyl (C=O) groups excluding carboxylic acids is 2. The Bertz CT molecular complexity index is 862. The minimum atomic E-state index is -4.48. The third-order valence-electron chi connectivity index (χ3n) is 4.93. The Hall–Kier alpha value is -3.04. The first-order chi connectivity index (χ1) is 14.2. The predicted molar refractivity (Wildman–Crippen MR) is 102 cm³/mol. The molecular weight excluding hydrogens is 401 g/mol. The average Bonchev–Trinajstić information content (AvgIpc) is 3.22. The number of aromatic amines is 1. The van der Waals surface area contributed by atoms with Gasteiger partial charge in [-0.2, -0.15) is 18.3 Å². The summed E-state index contributed by atoms with van der Waals surface area (Å²) >= 11 is 0. The van der Waals surface area contributed by atoms with Crippen molar-refractivity contribution in [3.05, 3.63) is 47.8 Å². The summed E-state index contributed by atoms with van der Waals surface area (Å²) in [5.41, 5.74) is 0.588. The Morgan fingerprint density at radius 1 is 1.27 bits per heavy atom. The third-order valence-corrected chi connectivity index (χ3v) is 4.93. The predicted octanol–water partition coefficient (Wildman–Crippen LogP) is 2.88. The number of aromatic nitrogens is 2. The molecule has 3 rings (SSSR count). The van der Waals surface area contributed by atoms with E-state index in [1.807, 2.05) is 18.2 Å². The van der Waals surface area contributed by atoms with Crippen molar-refractivity contribution in [2.24, 2.45) is 0 Å². The standard InChI is InChI=1S/C20H23F3N4O3/c1-13(30-15-5-3-2-4-6-15)19(29)27-9-7-14(8-10-27)16-11-17(26-25-16)18(28)24-12-20(21,22)23/h2-6,11,13-14H,7-10,12H2,1H3,(H,24,28)(H,25,26). The van der Waals surface area contributed by atoms with Crippen LogP contribution in [-0.4, -0.2) is 58.8 Å². The summed E-state index contributed by atoms with van der Waals surface area (Å²) < 4.78 is 42.4. The quantitative estimate of drug-likeness (QED) is 0.747. The molecule has 162 valence electrons. The third kappa shape index (κ3) is 5.74. The number of hydrogen-bond acceptors (Lipinski definition) is 4. The maximum absolute atomic E-state index is 12.6. The Labute approximate surface area is 171 Å². The zero-order valence-corrected chi connectivity index (χ0v) is 16.4. The van der Waals surface area contributed by atoms with Gasteiger partial charge in [0.05, 0.1) is 0 Å². The lowest BCUT2D eigenvalue weighted by molar-refractivity contribution is -0.139. The molecule has 0 spiro atoms. The first-order valence-electron chi connectivity index (χ1n) is 9.63. The fourth-order valence-electron chi connectivity index (χ4n) is 3.35. The highest BCUT2D eigenvalue weighted by Gasteiger charge is 2.30. The van der Waals surface area contributed by atoms with Crippen LogP contribution < -0.4 is 10.1 Å². The molecule has 0 bridgehead atoms. The van der Waals surface area contributed by atoms with Crippen LogP contribution in [0.5, 0.6) is 5.75 Å². The van der Waals surface area contributed by atoms with Crippen molar-refractivity contribution in [1.82, 2.24) is 20.4 Å². The highest BCUT2D eigenvalue weighted by molar-refractivity contribution is 5.92. The van der Waals surface area contributed by atoms with Gasteiger partial charge in [0.2, 0.25) is 0 Å². The first kappa shape index (κ1) is 21.7. The van der Waals surface area contributed by atoms with Crippen molar-refractivity contribution in [3.63, 3.8) is 0 Å². The second-order valence-electron chi connectivity index (χ2n) is 7.18. The molecule has 1 saturated heterocycles. The van der Waals surface area contributed by atoms with Crippen LogP contribution in [-0.2, 0) is 4.79 Å². The van der Waals surface area contributed by atoms with E-state index in [2.05, 4.69) is 10.2 Å². The number of piperidine rings is 1. The molecule has 0 radical (unpaired) electrons. The van der Waals surface area contributed by atoms with Crippen molar-refractivity contribution in [1.29, 1.82) is 0 Å². The van der Waals surface area contributed by atoms with Crippen LogP contribution >= 0.6 is 0 Å². The Morgan fingerprint density at radius 3 is 2.57 bits per heavy atom. The molecule has 10 heteroatoms. The molecule has 1 atom stereocenters. The highest BCUT2D eigenvalue weighted by Crippen LogP contribution is 2.27. The zero-order valence-electron chi connectivity index (χ0n) is 16.4. The molecule has 1 aromatic heterocycles. The molecule has 1 aromatic carbocycles. The molecule has 1 aliphatic rings. The van der Waals surface area contributed by atoms with Crippen LogP contribution in [0, 0.1) is 0 Å². The summed E-state index contributed by atoms with van der Waals surface area (Å²) in [6.07, 6.45) is -3.79. The molecule has 2 amide bonds. The van der Waals surface area contributed by atoms with Crippen molar-refractivity contribution in [3.8, 4) is 5.75 Å². The SMILES string of the molecule is CC(Oc1ccccc1)C(=O)N1CCC(c2cc(C(=O)NCC(F)(F)F)n[nH]2)CC1. The van der Waals surface area contributed by atoms with Crippen LogP contribution in [0.15, 0.2) is 36.4 Å². The van der Waals surface area contributed by atoms with E-state index >= 15 is 0 Å². The Kier molecular flexibility index (Phi) is 6.63. The van der Waals surface area contributed by atoms with E-state index in [0.29, 0.717) is 37.4 Å². The van der Waals surface area contributed by atoms with E-state index in [1.165, 1.54) is 6.07 Å². The molecule has 0 aliphatic carbocycles. The maximum atomic E-state index is 12.6. The number of likely N-dealkylation sites (tertiary alicyclic amines) is 1. The summed E-state index contributed by atoms with van der Waals surface area (Å²) in [6.45, 7) is 1.33. The topological polar surface area (TPSA) is 87.3 Å². The molecule has 1 aliphatic heterocycles. The minimum Gasteiger partial charge on any atom is -0.481 e. The van der Waals surface area contributed by atoms with Crippen LogP contribution in [0.3, 0.4) is 0 Å². The summed E-state index contributed by atoms with van der Waals surface area (Å²) in [4.78, 5) is 26.2. The van der Waals surface area contributed by atoms with Gasteiger partial charge in [-0.15, -0.1) is 0 Å². The normalized spacial score (nSPS) is 16.2. The van der Waals surface area contributed by atoms with Gasteiger partial charge in [0.15, 0.2) is 6.10 Å². The molecule has 2 aromatic rings. The van der Waals surface area contributed by atoms with Gasteiger partial charge in [-0.1, -0.05) is 18.2 Å². The number of rotatable bonds is 6. The summed E-state index contributed by atoms with van der Waals surface area (Å²) in [5.74, 6) is -0.318. The monoisotopic (exact) mass is 424 g/mol. The van der Waals surface area contributed by atoms with Crippen LogP contribution in [0.2, 0.25) is 0 Å². The molecule has 2 N–H and O–H groups in total. The fraction of sp³-hybridized carbons (Fsp3) is 0.450. The van der Waals surface area contributed by atoms with Gasteiger partial charge in [-0.25, -0.2) is 0 Å². The zero-order chi connectivity index (χ0) is 21.7. The maximum Gasteiger partial charge on any atom is 0.405 e. The smallest absolute Gasteiger partial charge is 0.405 e. The average molecular weight is 424 g/mol. The summed E-state index contributed by atoms with van der Waals surface area (Å²) in [6, 6.07) is 10.6. The number of para-hydroxylation sites is 1. The number of ether oxygens (including phenoxy) is 1. The van der Waals surface area contributed by atoms with E-state index in [1.54, 1.807) is 29.3 Å². The van der Waals surface area contributed by atoms with E-state index < -0.39 is 24.7 Å². The van der Waals surface area contributed by atoms with Gasteiger partial charge >= 0.3 is 6.18 Å². The lowest BCUT2D eigenvalue weighted by atomic mass is 9.93. The molecular formula is C20H23F3N4O3. The second kappa shape index (κ2) is 9.19. The number of hydrogen-bond donors (Lipinski definition) is 2. The Morgan fingerprint density at radius 2 is 1.93 bits per heavy atom. The largest absolute Gasteiger partial charge is 0.481 e. The van der Waals surface area contributed by atoms with Gasteiger partial charge in [0, 0.05) is 24.7 Å². The number of amides is 2. The van der Waals surface area contributed by atoms with Crippen molar-refractivity contribution < 1.29 is 27.5 Å². The lowest BCUT2D eigenvalue weighted by Gasteiger charge is -2.33. The first-order valence-corrected chi connectivity index (χ1v) is 9.63. The number of nitrogens with zero attached hydrogens (tertiary/aromatic N) is 2. The fourth-order valence-corrected chi connectivity index (χ4v) is 3.35. The van der Waals surface area contributed by atoms with E-state index in [4.69, 9.17) is 4.74 Å². The number of halogens is 3. The minimum absolute atomic E-state index is 0.0380. The van der Waals surface area contributed by atoms with Gasteiger partial charge in [0.25, 0.3) is 11.8 Å². The van der Waals surface area contributed by atoms with Crippen molar-refractivity contribution in [2.45, 2.75) is 38.0 Å². The summed E-state index contributed by atoms with van der Waals surface area (Å²) in [5, 5.41) is 8.35. The van der Waals surface area contributed by atoms with Crippen LogP contribution in [0.1, 0.15) is 41.9 Å². The Balaban J connectivity index is 1.50.